The first-order valence-corrected chi connectivity index (χ1v) is 4.63. The molecule has 1 nitrogen and oxygen atoms in total. The van der Waals surface area contributed by atoms with Crippen LogP contribution in [0.5, 0.6) is 0 Å². The lowest BCUT2D eigenvalue weighted by atomic mass is 10.7. The monoisotopic (exact) mass is 436 g/mol. The molecule has 0 spiro atoms. The molecule has 0 aromatic carbocycles. The molecule has 0 aliphatic carbocycles. The van der Waals surface area contributed by atoms with Crippen molar-refractivity contribution in [1.82, 2.24) is 0 Å². The zero-order valence-electron chi connectivity index (χ0n) is 3.29. The van der Waals surface area contributed by atoms with Crippen molar-refractivity contribution >= 4 is 67.8 Å². The Hall–Kier alpha value is 1.89. The van der Waals surface area contributed by atoms with Gasteiger partial charge in [-0.1, -0.05) is 6.58 Å². The third kappa shape index (κ3) is 4.40. The smallest absolute Gasteiger partial charge is 0.197 e. The predicted octanol–water partition coefficient (Wildman–Crippen LogP) is 2.45. The summed E-state index contributed by atoms with van der Waals surface area (Å²) >= 11 is 5.79. The number of rotatable bonds is 1. The standard InChI is InChI=1S/C3H3I3O/c1-2(4)3(5,6)7/h7H,1H2. The Kier molecular flexibility index (Phi) is 4.01. The third-order valence-electron chi connectivity index (χ3n) is 0.326. The minimum Gasteiger partial charge on any atom is -0.367 e. The van der Waals surface area contributed by atoms with Crippen molar-refractivity contribution in [2.75, 3.05) is 0 Å². The van der Waals surface area contributed by atoms with E-state index < -0.39 is 1.61 Å². The number of halogens is 3. The Morgan fingerprint density at radius 3 is 1.71 bits per heavy atom. The van der Waals surface area contributed by atoms with Gasteiger partial charge in [0.2, 0.25) is 0 Å². The van der Waals surface area contributed by atoms with E-state index in [4.69, 9.17) is 5.11 Å². The van der Waals surface area contributed by atoms with Crippen molar-refractivity contribution in [3.63, 3.8) is 0 Å². The quantitative estimate of drug-likeness (QED) is 0.495. The van der Waals surface area contributed by atoms with Gasteiger partial charge < -0.3 is 5.11 Å². The van der Waals surface area contributed by atoms with E-state index in [0.717, 1.165) is 3.58 Å². The molecular formula is C3H3I3O. The molecule has 0 saturated carbocycles. The summed E-state index contributed by atoms with van der Waals surface area (Å²) in [7, 11) is 0. The highest BCUT2D eigenvalue weighted by molar-refractivity contribution is 14.2. The van der Waals surface area contributed by atoms with Crippen LogP contribution in [0.25, 0.3) is 0 Å². The maximum Gasteiger partial charge on any atom is 0.197 e. The molecule has 0 amide bonds. The Balaban J connectivity index is 3.79. The molecule has 42 valence electrons. The summed E-state index contributed by atoms with van der Waals surface area (Å²) in [6, 6.07) is 0. The molecule has 0 saturated heterocycles. The van der Waals surface area contributed by atoms with Crippen molar-refractivity contribution in [3.8, 4) is 0 Å². The average Bonchev–Trinajstić information content (AvgIpc) is 1.31. The van der Waals surface area contributed by atoms with Crippen LogP contribution in [0, 0.1) is 0 Å². The van der Waals surface area contributed by atoms with Crippen LogP contribution < -0.4 is 0 Å². The summed E-state index contributed by atoms with van der Waals surface area (Å²) in [6.07, 6.45) is 0. The van der Waals surface area contributed by atoms with Crippen LogP contribution >= 0.6 is 67.8 Å². The fourth-order valence-electron chi connectivity index (χ4n) is 0. The van der Waals surface area contributed by atoms with Crippen LogP contribution in [0.3, 0.4) is 0 Å². The summed E-state index contributed by atoms with van der Waals surface area (Å²) in [4.78, 5) is 0. The lowest BCUT2D eigenvalue weighted by Gasteiger charge is -2.08. The van der Waals surface area contributed by atoms with Crippen LogP contribution in [-0.4, -0.2) is 6.72 Å². The number of hydrogen-bond acceptors (Lipinski definition) is 1. The maximum atomic E-state index is 8.96. The minimum absolute atomic E-state index is 0.742. The number of hydrogen-bond donors (Lipinski definition) is 1. The van der Waals surface area contributed by atoms with Crippen LogP contribution in [0.1, 0.15) is 0 Å². The minimum atomic E-state index is -0.768. The Labute approximate surface area is 83.4 Å². The fraction of sp³-hybridized carbons (Fsp3) is 0.333. The fourth-order valence-corrected chi connectivity index (χ4v) is 0. The first kappa shape index (κ1) is 8.89. The average molecular weight is 436 g/mol. The van der Waals surface area contributed by atoms with E-state index in [0.29, 0.717) is 0 Å². The summed E-state index contributed by atoms with van der Waals surface area (Å²) in [6.45, 7) is 3.55. The second-order valence-corrected chi connectivity index (χ2v) is 7.43. The Morgan fingerprint density at radius 2 is 1.71 bits per heavy atom. The molecule has 7 heavy (non-hydrogen) atoms. The van der Waals surface area contributed by atoms with Gasteiger partial charge in [0.15, 0.2) is 1.61 Å². The first-order valence-electron chi connectivity index (χ1n) is 1.39. The number of aliphatic hydroxyl groups is 1. The Bertz CT molecular complexity index is 82.7. The van der Waals surface area contributed by atoms with E-state index in [1.165, 1.54) is 0 Å². The van der Waals surface area contributed by atoms with Gasteiger partial charge in [0, 0.05) is 3.58 Å². The molecule has 0 heterocycles. The lowest BCUT2D eigenvalue weighted by Crippen LogP contribution is -2.06. The maximum absolute atomic E-state index is 8.96. The van der Waals surface area contributed by atoms with Crippen LogP contribution in [0.2, 0.25) is 0 Å². The van der Waals surface area contributed by atoms with Crippen molar-refractivity contribution in [3.05, 3.63) is 10.2 Å². The molecule has 0 aromatic heterocycles. The van der Waals surface area contributed by atoms with Gasteiger partial charge in [0.1, 0.15) is 0 Å². The molecule has 0 rings (SSSR count). The van der Waals surface area contributed by atoms with E-state index in [9.17, 15) is 0 Å². The van der Waals surface area contributed by atoms with Gasteiger partial charge in [0.25, 0.3) is 0 Å². The molecule has 0 fully saturated rings. The molecule has 0 aromatic rings. The zero-order valence-corrected chi connectivity index (χ0v) is 9.76. The van der Waals surface area contributed by atoms with Crippen LogP contribution in [0.4, 0.5) is 0 Å². The van der Waals surface area contributed by atoms with E-state index in [1.54, 1.807) is 0 Å². The second kappa shape index (κ2) is 3.16. The van der Waals surface area contributed by atoms with Crippen LogP contribution in [0.15, 0.2) is 10.2 Å². The van der Waals surface area contributed by atoms with Crippen molar-refractivity contribution in [2.45, 2.75) is 1.61 Å². The molecule has 0 radical (unpaired) electrons. The molecule has 0 aliphatic heterocycles. The largest absolute Gasteiger partial charge is 0.367 e. The Morgan fingerprint density at radius 1 is 1.57 bits per heavy atom. The van der Waals surface area contributed by atoms with E-state index >= 15 is 0 Å². The van der Waals surface area contributed by atoms with Gasteiger partial charge in [-0.15, -0.1) is 0 Å². The van der Waals surface area contributed by atoms with Crippen molar-refractivity contribution in [1.29, 1.82) is 0 Å². The number of alkyl halides is 2. The van der Waals surface area contributed by atoms with E-state index in [-0.39, 0.29) is 0 Å². The molecule has 0 aliphatic rings. The van der Waals surface area contributed by atoms with Crippen molar-refractivity contribution < 1.29 is 5.11 Å². The first-order chi connectivity index (χ1) is 2.94. The predicted molar refractivity (Wildman–Crippen MR) is 56.1 cm³/mol. The second-order valence-electron chi connectivity index (χ2n) is 0.946. The molecule has 1 N–H and O–H groups in total. The van der Waals surface area contributed by atoms with E-state index in [1.807, 2.05) is 67.8 Å². The summed E-state index contributed by atoms with van der Waals surface area (Å²) in [5.41, 5.74) is 0. The van der Waals surface area contributed by atoms with Crippen LogP contribution in [-0.2, 0) is 0 Å². The van der Waals surface area contributed by atoms with Gasteiger partial charge in [-0.2, -0.15) is 0 Å². The SMILES string of the molecule is C=C(I)C(O)(I)I. The topological polar surface area (TPSA) is 20.2 Å². The normalized spacial score (nSPS) is 11.4. The molecule has 0 bridgehead atoms. The summed E-state index contributed by atoms with van der Waals surface area (Å²) in [5, 5.41) is 8.96. The van der Waals surface area contributed by atoms with Gasteiger partial charge in [-0.05, 0) is 67.8 Å². The third-order valence-corrected chi connectivity index (χ3v) is 4.47. The zero-order chi connectivity index (χ0) is 6.08. The molecule has 0 unspecified atom stereocenters. The van der Waals surface area contributed by atoms with Gasteiger partial charge in [-0.25, -0.2) is 0 Å². The highest BCUT2D eigenvalue weighted by atomic mass is 127. The highest BCUT2D eigenvalue weighted by Crippen LogP contribution is 2.34. The summed E-state index contributed by atoms with van der Waals surface area (Å²) in [5.74, 6) is 0. The summed E-state index contributed by atoms with van der Waals surface area (Å²) < 4.78 is -0.0258. The lowest BCUT2D eigenvalue weighted by molar-refractivity contribution is 0.309. The van der Waals surface area contributed by atoms with Gasteiger partial charge in [0.05, 0.1) is 0 Å². The van der Waals surface area contributed by atoms with Gasteiger partial charge >= 0.3 is 0 Å². The highest BCUT2D eigenvalue weighted by Gasteiger charge is 2.18. The van der Waals surface area contributed by atoms with Gasteiger partial charge in [-0.3, -0.25) is 0 Å². The van der Waals surface area contributed by atoms with E-state index in [2.05, 4.69) is 6.58 Å². The molecule has 4 heteroatoms. The molecular weight excluding hydrogens is 433 g/mol. The molecule has 0 atom stereocenters. The van der Waals surface area contributed by atoms with Crippen molar-refractivity contribution in [2.24, 2.45) is 0 Å².